The summed E-state index contributed by atoms with van der Waals surface area (Å²) in [5.74, 6) is 1.63. The Kier molecular flexibility index (Phi) is 1.72. The van der Waals surface area contributed by atoms with E-state index in [9.17, 15) is 0 Å². The molecule has 5 heteroatoms. The lowest BCUT2D eigenvalue weighted by Gasteiger charge is -2.62. The van der Waals surface area contributed by atoms with Gasteiger partial charge in [0.15, 0.2) is 5.82 Å². The summed E-state index contributed by atoms with van der Waals surface area (Å²) in [6, 6.07) is 3.81. The highest BCUT2D eigenvalue weighted by Gasteiger charge is 2.56. The third-order valence-corrected chi connectivity index (χ3v) is 4.03. The summed E-state index contributed by atoms with van der Waals surface area (Å²) in [5, 5.41) is 13.4. The van der Waals surface area contributed by atoms with E-state index >= 15 is 0 Å². The van der Waals surface area contributed by atoms with Crippen molar-refractivity contribution in [2.24, 2.45) is 5.92 Å². The number of hydrogen-bond donors (Lipinski definition) is 1. The quantitative estimate of drug-likeness (QED) is 0.862. The SMILES string of the molecule is N#Cc1cc2cncnc2c(NC23CC(C2)C3)n1. The molecule has 0 atom stereocenters. The second-order valence-corrected chi connectivity index (χ2v) is 5.31. The second kappa shape index (κ2) is 3.16. The van der Waals surface area contributed by atoms with E-state index in [1.807, 2.05) is 0 Å². The molecule has 3 fully saturated rings. The van der Waals surface area contributed by atoms with Gasteiger partial charge < -0.3 is 5.32 Å². The zero-order chi connectivity index (χ0) is 12.2. The molecule has 0 saturated heterocycles. The Morgan fingerprint density at radius 1 is 1.39 bits per heavy atom. The van der Waals surface area contributed by atoms with E-state index in [4.69, 9.17) is 5.26 Å². The fourth-order valence-electron chi connectivity index (χ4n) is 3.02. The zero-order valence-electron chi connectivity index (χ0n) is 9.72. The van der Waals surface area contributed by atoms with Crippen molar-refractivity contribution in [3.05, 3.63) is 24.3 Å². The molecule has 0 amide bonds. The average Bonchev–Trinajstić information content (AvgIpc) is 2.31. The fraction of sp³-hybridized carbons (Fsp3) is 0.385. The van der Waals surface area contributed by atoms with Gasteiger partial charge >= 0.3 is 0 Å². The first-order valence-corrected chi connectivity index (χ1v) is 6.07. The molecule has 3 saturated carbocycles. The van der Waals surface area contributed by atoms with Crippen LogP contribution in [0.15, 0.2) is 18.6 Å². The number of rotatable bonds is 2. The van der Waals surface area contributed by atoms with E-state index < -0.39 is 0 Å². The highest BCUT2D eigenvalue weighted by atomic mass is 15.1. The molecule has 5 rings (SSSR count). The Labute approximate surface area is 104 Å². The molecule has 0 radical (unpaired) electrons. The van der Waals surface area contributed by atoms with Gasteiger partial charge in [-0.3, -0.25) is 0 Å². The molecule has 3 aliphatic carbocycles. The van der Waals surface area contributed by atoms with Gasteiger partial charge in [0.25, 0.3) is 0 Å². The predicted molar refractivity (Wildman–Crippen MR) is 65.7 cm³/mol. The lowest BCUT2D eigenvalue weighted by atomic mass is 9.50. The maximum atomic E-state index is 9.02. The molecule has 2 heterocycles. The van der Waals surface area contributed by atoms with Crippen LogP contribution in [0.4, 0.5) is 5.82 Å². The molecule has 88 valence electrons. The van der Waals surface area contributed by atoms with Crippen molar-refractivity contribution in [3.8, 4) is 6.07 Å². The van der Waals surface area contributed by atoms with E-state index in [-0.39, 0.29) is 5.54 Å². The van der Waals surface area contributed by atoms with Crippen LogP contribution in [-0.4, -0.2) is 20.5 Å². The van der Waals surface area contributed by atoms with E-state index in [2.05, 4.69) is 26.3 Å². The molecule has 1 N–H and O–H groups in total. The summed E-state index contributed by atoms with van der Waals surface area (Å²) in [6.45, 7) is 0. The Balaban J connectivity index is 1.84. The van der Waals surface area contributed by atoms with Crippen LogP contribution in [0, 0.1) is 17.2 Å². The maximum Gasteiger partial charge on any atom is 0.154 e. The number of hydrogen-bond acceptors (Lipinski definition) is 5. The molecule has 5 nitrogen and oxygen atoms in total. The van der Waals surface area contributed by atoms with Crippen LogP contribution in [0.1, 0.15) is 25.0 Å². The zero-order valence-corrected chi connectivity index (χ0v) is 9.72. The smallest absolute Gasteiger partial charge is 0.154 e. The molecule has 0 aromatic carbocycles. The minimum Gasteiger partial charge on any atom is -0.363 e. The van der Waals surface area contributed by atoms with E-state index in [1.54, 1.807) is 12.3 Å². The fourth-order valence-corrected chi connectivity index (χ4v) is 3.02. The molecule has 0 unspecified atom stereocenters. The van der Waals surface area contributed by atoms with Crippen LogP contribution in [0.25, 0.3) is 10.9 Å². The van der Waals surface area contributed by atoms with Crippen LogP contribution >= 0.6 is 0 Å². The minimum atomic E-state index is 0.226. The number of aromatic nitrogens is 3. The van der Waals surface area contributed by atoms with Gasteiger partial charge in [0.05, 0.1) is 0 Å². The lowest BCUT2D eigenvalue weighted by Crippen LogP contribution is -2.63. The molecule has 3 aliphatic rings. The third kappa shape index (κ3) is 1.23. The van der Waals surface area contributed by atoms with Crippen LogP contribution in [0.2, 0.25) is 0 Å². The summed E-state index contributed by atoms with van der Waals surface area (Å²) in [6.07, 6.45) is 6.90. The highest BCUT2D eigenvalue weighted by molar-refractivity contribution is 5.88. The second-order valence-electron chi connectivity index (χ2n) is 5.31. The topological polar surface area (TPSA) is 74.5 Å². The van der Waals surface area contributed by atoms with E-state index in [0.29, 0.717) is 5.69 Å². The molecular weight excluding hydrogens is 226 g/mol. The number of fused-ring (bicyclic) bond motifs is 1. The van der Waals surface area contributed by atoms with Crippen molar-refractivity contribution < 1.29 is 0 Å². The summed E-state index contributed by atoms with van der Waals surface area (Å²) in [5.41, 5.74) is 1.43. The average molecular weight is 237 g/mol. The molecular formula is C13H11N5. The molecule has 18 heavy (non-hydrogen) atoms. The minimum absolute atomic E-state index is 0.226. The third-order valence-electron chi connectivity index (χ3n) is 4.03. The van der Waals surface area contributed by atoms with Gasteiger partial charge in [0.2, 0.25) is 0 Å². The Morgan fingerprint density at radius 2 is 2.22 bits per heavy atom. The standard InChI is InChI=1S/C13H11N5/c14-5-10-1-9-6-15-7-16-11(9)12(17-10)18-13-2-8(3-13)4-13/h1,6-8H,2-4H2,(H,17,18). The van der Waals surface area contributed by atoms with Gasteiger partial charge in [0.1, 0.15) is 23.6 Å². The van der Waals surface area contributed by atoms with Crippen LogP contribution < -0.4 is 5.32 Å². The van der Waals surface area contributed by atoms with Gasteiger partial charge in [0, 0.05) is 17.1 Å². The van der Waals surface area contributed by atoms with Crippen LogP contribution in [0.5, 0.6) is 0 Å². The maximum absolute atomic E-state index is 9.02. The summed E-state index contributed by atoms with van der Waals surface area (Å²) in [7, 11) is 0. The molecule has 0 spiro atoms. The van der Waals surface area contributed by atoms with Gasteiger partial charge in [-0.2, -0.15) is 5.26 Å². The van der Waals surface area contributed by atoms with E-state index in [1.165, 1.54) is 25.6 Å². The van der Waals surface area contributed by atoms with Crippen molar-refractivity contribution in [2.45, 2.75) is 24.8 Å². The molecule has 2 aromatic heterocycles. The monoisotopic (exact) mass is 237 g/mol. The van der Waals surface area contributed by atoms with Gasteiger partial charge in [-0.05, 0) is 31.2 Å². The highest BCUT2D eigenvalue weighted by Crippen LogP contribution is 2.58. The number of anilines is 1. The van der Waals surface area contributed by atoms with Crippen molar-refractivity contribution in [1.29, 1.82) is 5.26 Å². The summed E-state index contributed by atoms with van der Waals surface area (Å²) < 4.78 is 0. The lowest BCUT2D eigenvalue weighted by molar-refractivity contribution is 0.00191. The van der Waals surface area contributed by atoms with Gasteiger partial charge in [-0.25, -0.2) is 15.0 Å². The number of nitriles is 1. The summed E-state index contributed by atoms with van der Waals surface area (Å²) >= 11 is 0. The van der Waals surface area contributed by atoms with Crippen molar-refractivity contribution >= 4 is 16.7 Å². The Hall–Kier alpha value is -2.22. The first-order chi connectivity index (χ1) is 8.78. The first kappa shape index (κ1) is 9.77. The van der Waals surface area contributed by atoms with Crippen LogP contribution in [0.3, 0.4) is 0 Å². The van der Waals surface area contributed by atoms with Crippen molar-refractivity contribution in [2.75, 3.05) is 5.32 Å². The number of nitrogens with zero attached hydrogens (tertiary/aromatic N) is 4. The normalized spacial score (nSPS) is 28.1. The van der Waals surface area contributed by atoms with Crippen molar-refractivity contribution in [1.82, 2.24) is 15.0 Å². The largest absolute Gasteiger partial charge is 0.363 e. The predicted octanol–water partition coefficient (Wildman–Crippen LogP) is 1.86. The summed E-state index contributed by atoms with van der Waals surface area (Å²) in [4.78, 5) is 12.6. The van der Waals surface area contributed by atoms with Gasteiger partial charge in [-0.15, -0.1) is 0 Å². The first-order valence-electron chi connectivity index (χ1n) is 6.07. The van der Waals surface area contributed by atoms with Crippen molar-refractivity contribution in [3.63, 3.8) is 0 Å². The number of nitrogens with one attached hydrogen (secondary N) is 1. The number of pyridine rings is 1. The molecule has 2 bridgehead atoms. The Morgan fingerprint density at radius 3 is 2.89 bits per heavy atom. The Bertz CT molecular complexity index is 670. The van der Waals surface area contributed by atoms with Crippen LogP contribution in [-0.2, 0) is 0 Å². The van der Waals surface area contributed by atoms with Gasteiger partial charge in [-0.1, -0.05) is 0 Å². The molecule has 0 aliphatic heterocycles. The molecule has 2 aromatic rings. The van der Waals surface area contributed by atoms with E-state index in [0.717, 1.165) is 22.6 Å².